The Labute approximate surface area is 171 Å². The molecule has 1 aromatic rings. The summed E-state index contributed by atoms with van der Waals surface area (Å²) >= 11 is 0. The van der Waals surface area contributed by atoms with Crippen LogP contribution < -0.4 is 5.32 Å². The Hall–Kier alpha value is -1.32. The number of hydrogen-bond acceptors (Lipinski definition) is 3. The highest BCUT2D eigenvalue weighted by molar-refractivity contribution is 5.40. The largest absolute Gasteiger partial charge is 0.508 e. The molecule has 0 amide bonds. The van der Waals surface area contributed by atoms with Gasteiger partial charge >= 0.3 is 0 Å². The average Bonchev–Trinajstić information content (AvgIpc) is 3.00. The predicted octanol–water partition coefficient (Wildman–Crippen LogP) is 4.72. The van der Waals surface area contributed by atoms with Gasteiger partial charge in [0, 0.05) is 6.54 Å². The molecular weight excluding hydrogens is 344 g/mol. The third kappa shape index (κ3) is 3.76. The molecule has 1 aromatic carbocycles. The second-order valence-electron chi connectivity index (χ2n) is 9.88. The van der Waals surface area contributed by atoms with Crippen LogP contribution in [0.4, 0.5) is 0 Å². The van der Waals surface area contributed by atoms with Crippen LogP contribution in [-0.4, -0.2) is 43.7 Å². The lowest BCUT2D eigenvalue weighted by atomic mass is 9.55. The van der Waals surface area contributed by atoms with E-state index < -0.39 is 0 Å². The average molecular weight is 383 g/mol. The molecule has 2 saturated carbocycles. The molecule has 154 valence electrons. The van der Waals surface area contributed by atoms with Crippen LogP contribution in [-0.2, 0) is 6.42 Å². The van der Waals surface area contributed by atoms with Gasteiger partial charge in [-0.25, -0.2) is 0 Å². The maximum atomic E-state index is 9.86. The second-order valence-corrected chi connectivity index (χ2v) is 9.88. The number of allylic oxidation sites excluding steroid dienone is 1. The van der Waals surface area contributed by atoms with E-state index >= 15 is 0 Å². The Kier molecular flexibility index (Phi) is 5.85. The maximum Gasteiger partial charge on any atom is 0.115 e. The van der Waals surface area contributed by atoms with E-state index in [1.165, 1.54) is 49.7 Å². The molecule has 0 aliphatic heterocycles. The predicted molar refractivity (Wildman–Crippen MR) is 117 cm³/mol. The molecule has 0 bridgehead atoms. The second kappa shape index (κ2) is 8.20. The number of phenolic OH excluding ortho intramolecular Hbond substituents is 1. The number of nitrogens with zero attached hydrogens (tertiary/aromatic N) is 1. The fourth-order valence-corrected chi connectivity index (χ4v) is 6.57. The minimum absolute atomic E-state index is 0.418. The molecule has 0 saturated heterocycles. The van der Waals surface area contributed by atoms with Crippen molar-refractivity contribution in [1.29, 1.82) is 0 Å². The van der Waals surface area contributed by atoms with Crippen LogP contribution in [0, 0.1) is 17.3 Å². The van der Waals surface area contributed by atoms with Crippen LogP contribution >= 0.6 is 0 Å². The number of benzene rings is 1. The van der Waals surface area contributed by atoms with Crippen LogP contribution in [0.5, 0.6) is 5.75 Å². The number of rotatable bonds is 6. The van der Waals surface area contributed by atoms with Gasteiger partial charge in [0.15, 0.2) is 0 Å². The van der Waals surface area contributed by atoms with E-state index in [9.17, 15) is 5.11 Å². The van der Waals surface area contributed by atoms with Gasteiger partial charge in [0.25, 0.3) is 0 Å². The van der Waals surface area contributed by atoms with Crippen molar-refractivity contribution in [3.63, 3.8) is 0 Å². The zero-order valence-electron chi connectivity index (χ0n) is 18.0. The number of nitrogens with one attached hydrogen (secondary N) is 1. The van der Waals surface area contributed by atoms with Crippen LogP contribution in [0.2, 0.25) is 0 Å². The molecule has 0 aromatic heterocycles. The van der Waals surface area contributed by atoms with Crippen molar-refractivity contribution < 1.29 is 5.11 Å². The molecule has 3 nitrogen and oxygen atoms in total. The minimum atomic E-state index is 0.418. The van der Waals surface area contributed by atoms with Crippen molar-refractivity contribution >= 4 is 0 Å². The Morgan fingerprint density at radius 3 is 2.89 bits per heavy atom. The summed E-state index contributed by atoms with van der Waals surface area (Å²) in [6.45, 7) is 5.86. The van der Waals surface area contributed by atoms with Gasteiger partial charge in [0.05, 0.1) is 0 Å². The van der Waals surface area contributed by atoms with Gasteiger partial charge in [0.1, 0.15) is 5.75 Å². The number of aromatic hydroxyl groups is 1. The highest BCUT2D eigenvalue weighted by Gasteiger charge is 2.52. The van der Waals surface area contributed by atoms with E-state index in [-0.39, 0.29) is 0 Å². The molecule has 4 atom stereocenters. The Balaban J connectivity index is 1.41. The van der Waals surface area contributed by atoms with Crippen molar-refractivity contribution in [2.75, 3.05) is 33.7 Å². The van der Waals surface area contributed by atoms with Gasteiger partial charge in [0.2, 0.25) is 0 Å². The quantitative estimate of drug-likeness (QED) is 0.552. The highest BCUT2D eigenvalue weighted by Crippen LogP contribution is 2.62. The van der Waals surface area contributed by atoms with Crippen molar-refractivity contribution in [2.45, 2.75) is 57.8 Å². The van der Waals surface area contributed by atoms with E-state index in [1.54, 1.807) is 5.57 Å². The molecular formula is C25H38N2O. The highest BCUT2D eigenvalue weighted by atomic mass is 16.3. The van der Waals surface area contributed by atoms with Gasteiger partial charge in [-0.1, -0.05) is 24.6 Å². The Bertz CT molecular complexity index is 725. The van der Waals surface area contributed by atoms with Crippen LogP contribution in [0.1, 0.15) is 62.5 Å². The molecule has 0 heterocycles. The smallest absolute Gasteiger partial charge is 0.115 e. The van der Waals surface area contributed by atoms with E-state index in [2.05, 4.69) is 43.4 Å². The van der Waals surface area contributed by atoms with Gasteiger partial charge in [-0.15, -0.1) is 0 Å². The lowest BCUT2D eigenvalue weighted by Gasteiger charge is -2.49. The molecule has 2 fully saturated rings. The lowest BCUT2D eigenvalue weighted by Crippen LogP contribution is -2.40. The monoisotopic (exact) mass is 382 g/mol. The summed E-state index contributed by atoms with van der Waals surface area (Å²) in [5.74, 6) is 2.82. The summed E-state index contributed by atoms with van der Waals surface area (Å²) in [5, 5.41) is 13.5. The molecule has 3 aliphatic rings. The molecule has 0 radical (unpaired) electrons. The maximum absolute atomic E-state index is 9.86. The van der Waals surface area contributed by atoms with Crippen LogP contribution in [0.15, 0.2) is 29.8 Å². The fourth-order valence-electron chi connectivity index (χ4n) is 6.57. The van der Waals surface area contributed by atoms with Gasteiger partial charge < -0.3 is 15.3 Å². The number of hydrogen-bond donors (Lipinski definition) is 2. The number of aryl methyl sites for hydroxylation is 1. The lowest BCUT2D eigenvalue weighted by molar-refractivity contribution is 0.0812. The summed E-state index contributed by atoms with van der Waals surface area (Å²) in [6, 6.07) is 6.13. The Morgan fingerprint density at radius 1 is 1.21 bits per heavy atom. The van der Waals surface area contributed by atoms with Crippen LogP contribution in [0.3, 0.4) is 0 Å². The summed E-state index contributed by atoms with van der Waals surface area (Å²) in [7, 11) is 4.29. The molecule has 3 heteroatoms. The van der Waals surface area contributed by atoms with E-state index in [1.807, 2.05) is 12.1 Å². The molecule has 2 N–H and O–H groups in total. The van der Waals surface area contributed by atoms with E-state index in [4.69, 9.17) is 0 Å². The van der Waals surface area contributed by atoms with Crippen molar-refractivity contribution in [3.8, 4) is 5.75 Å². The standard InChI is InChI=1S/C25H38N2O/c1-25-13-11-22-21-9-7-20(28)17-18(21)5-8-23(22)24(25)10-6-19(25)12-15-26-14-4-16-27(2)3/h7,9,12,17,22-24,26,28H,4-6,8,10-11,13-16H2,1-3H3. The molecule has 0 spiro atoms. The van der Waals surface area contributed by atoms with E-state index in [0.717, 1.165) is 37.9 Å². The van der Waals surface area contributed by atoms with Gasteiger partial charge in [-0.3, -0.25) is 0 Å². The van der Waals surface area contributed by atoms with Gasteiger partial charge in [-0.05, 0) is 119 Å². The number of fused-ring (bicyclic) bond motifs is 5. The fraction of sp³-hybridized carbons (Fsp3) is 0.680. The molecule has 4 unspecified atom stereocenters. The minimum Gasteiger partial charge on any atom is -0.508 e. The first-order valence-electron chi connectivity index (χ1n) is 11.4. The normalized spacial score (nSPS) is 33.0. The third-order valence-electron chi connectivity index (χ3n) is 8.01. The van der Waals surface area contributed by atoms with E-state index in [0.29, 0.717) is 17.1 Å². The zero-order chi connectivity index (χ0) is 19.7. The number of phenols is 1. The van der Waals surface area contributed by atoms with Crippen molar-refractivity contribution in [2.24, 2.45) is 17.3 Å². The first-order valence-corrected chi connectivity index (χ1v) is 11.4. The Morgan fingerprint density at radius 2 is 2.07 bits per heavy atom. The molecule has 28 heavy (non-hydrogen) atoms. The SMILES string of the molecule is CN(C)CCCNCC=C1CCC2C3CCc4cc(O)ccc4C3CCC12C. The van der Waals surface area contributed by atoms with Crippen molar-refractivity contribution in [3.05, 3.63) is 41.0 Å². The molecule has 4 rings (SSSR count). The van der Waals surface area contributed by atoms with Crippen molar-refractivity contribution in [1.82, 2.24) is 10.2 Å². The third-order valence-corrected chi connectivity index (χ3v) is 8.01. The van der Waals surface area contributed by atoms with Gasteiger partial charge in [-0.2, -0.15) is 0 Å². The summed E-state index contributed by atoms with van der Waals surface area (Å²) in [4.78, 5) is 2.25. The summed E-state index contributed by atoms with van der Waals surface area (Å²) < 4.78 is 0. The first kappa shape index (κ1) is 20.0. The molecule has 3 aliphatic carbocycles. The summed E-state index contributed by atoms with van der Waals surface area (Å²) in [5.41, 5.74) is 5.09. The zero-order valence-corrected chi connectivity index (χ0v) is 18.0. The topological polar surface area (TPSA) is 35.5 Å². The van der Waals surface area contributed by atoms with Crippen LogP contribution in [0.25, 0.3) is 0 Å². The summed E-state index contributed by atoms with van der Waals surface area (Å²) in [6.07, 6.45) is 11.5. The first-order chi connectivity index (χ1) is 13.5.